The smallest absolute Gasteiger partial charge is 0.247 e. The van der Waals surface area contributed by atoms with Crippen LogP contribution < -0.4 is 5.32 Å². The van der Waals surface area contributed by atoms with Gasteiger partial charge in [-0.25, -0.2) is 0 Å². The van der Waals surface area contributed by atoms with E-state index in [0.717, 1.165) is 0 Å². The predicted octanol–water partition coefficient (Wildman–Crippen LogP) is 3.33. The highest BCUT2D eigenvalue weighted by atomic mass is 35.5. The average Bonchev–Trinajstić information content (AvgIpc) is 2.38. The van der Waals surface area contributed by atoms with Gasteiger partial charge in [0.25, 0.3) is 0 Å². The minimum Gasteiger partial charge on any atom is -0.349 e. The average molecular weight is 323 g/mol. The van der Waals surface area contributed by atoms with E-state index in [1.807, 2.05) is 20.8 Å². The van der Waals surface area contributed by atoms with Gasteiger partial charge in [0.05, 0.1) is 0 Å². The van der Waals surface area contributed by atoms with Crippen molar-refractivity contribution in [3.63, 3.8) is 0 Å². The second kappa shape index (κ2) is 7.45. The molecule has 2 amide bonds. The van der Waals surface area contributed by atoms with E-state index < -0.39 is 11.6 Å². The molecule has 0 aromatic heterocycles. The van der Waals surface area contributed by atoms with Crippen LogP contribution in [-0.2, 0) is 9.59 Å². The molecule has 1 N–H and O–H groups in total. The summed E-state index contributed by atoms with van der Waals surface area (Å²) in [6.07, 6.45) is 1.61. The molecular weight excluding hydrogens is 300 g/mol. The van der Waals surface area contributed by atoms with Gasteiger partial charge in [-0.05, 0) is 38.5 Å². The summed E-state index contributed by atoms with van der Waals surface area (Å²) in [4.78, 5) is 26.1. The molecule has 120 valence electrons. The van der Waals surface area contributed by atoms with Crippen LogP contribution in [0.4, 0.5) is 0 Å². The molecule has 0 spiro atoms. The summed E-state index contributed by atoms with van der Waals surface area (Å²) in [7, 11) is 0. The topological polar surface area (TPSA) is 49.4 Å². The van der Waals surface area contributed by atoms with Gasteiger partial charge >= 0.3 is 0 Å². The fourth-order valence-corrected chi connectivity index (χ4v) is 2.24. The van der Waals surface area contributed by atoms with Crippen LogP contribution in [-0.4, -0.2) is 28.8 Å². The predicted molar refractivity (Wildman–Crippen MR) is 89.7 cm³/mol. The Balaban J connectivity index is 3.24. The van der Waals surface area contributed by atoms with Crippen LogP contribution in [0.25, 0.3) is 0 Å². The molecule has 1 aromatic carbocycles. The first-order chi connectivity index (χ1) is 10.2. The maximum absolute atomic E-state index is 12.7. The minimum atomic E-state index is -0.716. The minimum absolute atomic E-state index is 0.191. The van der Waals surface area contributed by atoms with Gasteiger partial charge in [-0.3, -0.25) is 9.59 Å². The largest absolute Gasteiger partial charge is 0.349 e. The zero-order valence-electron chi connectivity index (χ0n) is 13.5. The number of amides is 2. The Kier molecular flexibility index (Phi) is 6.18. The molecule has 0 aliphatic carbocycles. The molecule has 5 heteroatoms. The molecule has 0 bridgehead atoms. The highest BCUT2D eigenvalue weighted by Crippen LogP contribution is 2.24. The molecule has 4 nitrogen and oxygen atoms in total. The molecule has 1 rings (SSSR count). The summed E-state index contributed by atoms with van der Waals surface area (Å²) in [5, 5.41) is 3.51. The Morgan fingerprint density at radius 3 is 2.27 bits per heavy atom. The van der Waals surface area contributed by atoms with Crippen molar-refractivity contribution in [3.05, 3.63) is 47.5 Å². The number of halogens is 1. The van der Waals surface area contributed by atoms with E-state index in [4.69, 9.17) is 11.6 Å². The first-order valence-electron chi connectivity index (χ1n) is 7.11. The van der Waals surface area contributed by atoms with E-state index in [9.17, 15) is 9.59 Å². The Morgan fingerprint density at radius 2 is 1.86 bits per heavy atom. The van der Waals surface area contributed by atoms with Crippen LogP contribution in [0, 0.1) is 0 Å². The van der Waals surface area contributed by atoms with E-state index in [1.165, 1.54) is 11.8 Å². The summed E-state index contributed by atoms with van der Waals surface area (Å²) in [6, 6.07) is 6.22. The highest BCUT2D eigenvalue weighted by molar-refractivity contribution is 6.30. The van der Waals surface area contributed by atoms with Gasteiger partial charge in [-0.15, -0.1) is 6.58 Å². The Labute approximate surface area is 137 Å². The fraction of sp³-hybridized carbons (Fsp3) is 0.412. The molecule has 0 fully saturated rings. The van der Waals surface area contributed by atoms with Crippen LogP contribution in [0.15, 0.2) is 36.9 Å². The molecule has 0 aliphatic heterocycles. The van der Waals surface area contributed by atoms with Crippen LogP contribution in [0.5, 0.6) is 0 Å². The lowest BCUT2D eigenvalue weighted by molar-refractivity contribution is -0.139. The van der Waals surface area contributed by atoms with Crippen molar-refractivity contribution < 1.29 is 9.59 Å². The lowest BCUT2D eigenvalue weighted by Crippen LogP contribution is -2.49. The van der Waals surface area contributed by atoms with E-state index >= 15 is 0 Å². The Morgan fingerprint density at radius 1 is 1.32 bits per heavy atom. The maximum Gasteiger partial charge on any atom is 0.247 e. The second-order valence-electron chi connectivity index (χ2n) is 6.15. The lowest BCUT2D eigenvalue weighted by Gasteiger charge is -2.32. The summed E-state index contributed by atoms with van der Waals surface area (Å²) < 4.78 is 0. The number of hydrogen-bond donors (Lipinski definition) is 1. The number of carbonyl (C=O) groups excluding carboxylic acids is 2. The number of benzene rings is 1. The van der Waals surface area contributed by atoms with E-state index in [2.05, 4.69) is 11.9 Å². The fourth-order valence-electron chi connectivity index (χ4n) is 2.11. The van der Waals surface area contributed by atoms with E-state index in [0.29, 0.717) is 17.1 Å². The third kappa shape index (κ3) is 5.19. The summed E-state index contributed by atoms with van der Waals surface area (Å²) in [5.74, 6) is -0.421. The first kappa shape index (κ1) is 18.2. The van der Waals surface area contributed by atoms with Crippen molar-refractivity contribution >= 4 is 23.4 Å². The number of nitrogens with zero attached hydrogens (tertiary/aromatic N) is 1. The molecule has 0 saturated carbocycles. The Bertz CT molecular complexity index is 547. The molecule has 0 heterocycles. The van der Waals surface area contributed by atoms with Gasteiger partial charge < -0.3 is 10.2 Å². The van der Waals surface area contributed by atoms with Gasteiger partial charge in [-0.1, -0.05) is 29.8 Å². The van der Waals surface area contributed by atoms with Gasteiger partial charge in [0, 0.05) is 24.0 Å². The molecule has 1 unspecified atom stereocenters. The first-order valence-corrected chi connectivity index (χ1v) is 7.49. The van der Waals surface area contributed by atoms with Gasteiger partial charge in [0.15, 0.2) is 0 Å². The van der Waals surface area contributed by atoms with E-state index in [-0.39, 0.29) is 11.8 Å². The van der Waals surface area contributed by atoms with E-state index in [1.54, 1.807) is 30.3 Å². The van der Waals surface area contributed by atoms with Crippen LogP contribution in [0.1, 0.15) is 39.3 Å². The van der Waals surface area contributed by atoms with Gasteiger partial charge in [0.1, 0.15) is 6.04 Å². The number of rotatable bonds is 5. The summed E-state index contributed by atoms with van der Waals surface area (Å²) >= 11 is 5.91. The van der Waals surface area contributed by atoms with Crippen molar-refractivity contribution in [3.8, 4) is 0 Å². The van der Waals surface area contributed by atoms with Crippen molar-refractivity contribution in [1.29, 1.82) is 0 Å². The summed E-state index contributed by atoms with van der Waals surface area (Å²) in [5.41, 5.74) is 0.321. The zero-order valence-corrected chi connectivity index (χ0v) is 14.3. The van der Waals surface area contributed by atoms with Gasteiger partial charge in [-0.2, -0.15) is 0 Å². The highest BCUT2D eigenvalue weighted by Gasteiger charge is 2.31. The lowest BCUT2D eigenvalue weighted by atomic mass is 10.0. The van der Waals surface area contributed by atoms with Crippen LogP contribution in [0.3, 0.4) is 0 Å². The second-order valence-corrected chi connectivity index (χ2v) is 6.59. The molecule has 1 aromatic rings. The third-order valence-electron chi connectivity index (χ3n) is 2.97. The zero-order chi connectivity index (χ0) is 16.9. The number of nitrogens with one attached hydrogen (secondary N) is 1. The third-order valence-corrected chi connectivity index (χ3v) is 3.23. The standard InChI is InChI=1S/C17H23ClN2O2/c1-6-11-20(12(2)21)15(16(22)19-17(3,4)5)13-7-9-14(18)10-8-13/h6-10,15H,1,11H2,2-5H3,(H,19,22). The number of hydrogen-bond acceptors (Lipinski definition) is 2. The quantitative estimate of drug-likeness (QED) is 0.845. The van der Waals surface area contributed by atoms with Crippen molar-refractivity contribution in [2.45, 2.75) is 39.3 Å². The van der Waals surface area contributed by atoms with Crippen LogP contribution >= 0.6 is 11.6 Å². The van der Waals surface area contributed by atoms with Crippen LogP contribution in [0.2, 0.25) is 5.02 Å². The molecule has 1 atom stereocenters. The van der Waals surface area contributed by atoms with Crippen molar-refractivity contribution in [2.24, 2.45) is 0 Å². The maximum atomic E-state index is 12.7. The summed E-state index contributed by atoms with van der Waals surface area (Å²) in [6.45, 7) is 11.1. The van der Waals surface area contributed by atoms with Gasteiger partial charge in [0.2, 0.25) is 11.8 Å². The number of carbonyl (C=O) groups is 2. The molecule has 0 saturated heterocycles. The van der Waals surface area contributed by atoms with Crippen molar-refractivity contribution in [2.75, 3.05) is 6.54 Å². The SMILES string of the molecule is C=CCN(C(C)=O)C(C(=O)NC(C)(C)C)c1ccc(Cl)cc1. The monoisotopic (exact) mass is 322 g/mol. The molecule has 0 aliphatic rings. The molecule has 0 radical (unpaired) electrons. The molecule has 22 heavy (non-hydrogen) atoms. The van der Waals surface area contributed by atoms with Crippen molar-refractivity contribution in [1.82, 2.24) is 10.2 Å². The molecular formula is C17H23ClN2O2. The normalized spacial score (nSPS) is 12.4. The Hall–Kier alpha value is -1.81.